The number of thioether (sulfide) groups is 1. The number of hydrogen-bond donors (Lipinski definition) is 1. The van der Waals surface area contributed by atoms with Crippen molar-refractivity contribution < 1.29 is 0 Å². The molecule has 1 N–H and O–H groups in total. The van der Waals surface area contributed by atoms with E-state index in [9.17, 15) is 0 Å². The van der Waals surface area contributed by atoms with Gasteiger partial charge in [-0.2, -0.15) is 0 Å². The summed E-state index contributed by atoms with van der Waals surface area (Å²) in [5.41, 5.74) is 1.31. The van der Waals surface area contributed by atoms with Crippen LogP contribution in [0.2, 0.25) is 10.0 Å². The molecule has 4 heteroatoms. The highest BCUT2D eigenvalue weighted by Gasteiger charge is 2.21. The molecule has 2 aromatic carbocycles. The Balaban J connectivity index is 2.19. The molecule has 0 fully saturated rings. The first-order chi connectivity index (χ1) is 10.2. The molecule has 112 valence electrons. The first kappa shape index (κ1) is 16.7. The van der Waals surface area contributed by atoms with Gasteiger partial charge in [-0.15, -0.1) is 11.8 Å². The van der Waals surface area contributed by atoms with Crippen LogP contribution < -0.4 is 5.32 Å². The molecule has 0 aromatic heterocycles. The first-order valence-electron chi connectivity index (χ1n) is 6.99. The van der Waals surface area contributed by atoms with Crippen molar-refractivity contribution in [2.45, 2.75) is 29.5 Å². The van der Waals surface area contributed by atoms with Gasteiger partial charge in [-0.25, -0.2) is 0 Å². The summed E-state index contributed by atoms with van der Waals surface area (Å²) in [6, 6.07) is 16.7. The van der Waals surface area contributed by atoms with E-state index in [0.717, 1.165) is 11.3 Å². The van der Waals surface area contributed by atoms with Gasteiger partial charge in [-0.05, 0) is 37.2 Å². The van der Waals surface area contributed by atoms with Gasteiger partial charge in [0.2, 0.25) is 0 Å². The van der Waals surface area contributed by atoms with Crippen molar-refractivity contribution in [2.24, 2.45) is 0 Å². The predicted molar refractivity (Wildman–Crippen MR) is 94.6 cm³/mol. The SMILES string of the molecule is CCC(Sc1ccc(Cl)c(Cl)c1)C(NC)c1ccccc1. The lowest BCUT2D eigenvalue weighted by molar-refractivity contribution is 0.556. The second-order valence-corrected chi connectivity index (χ2v) is 6.94. The van der Waals surface area contributed by atoms with Crippen molar-refractivity contribution in [2.75, 3.05) is 7.05 Å². The highest BCUT2D eigenvalue weighted by Crippen LogP contribution is 2.36. The van der Waals surface area contributed by atoms with E-state index in [-0.39, 0.29) is 0 Å². The van der Waals surface area contributed by atoms with Gasteiger partial charge in [-0.3, -0.25) is 0 Å². The number of hydrogen-bond acceptors (Lipinski definition) is 2. The monoisotopic (exact) mass is 339 g/mol. The Morgan fingerprint density at radius 3 is 2.33 bits per heavy atom. The van der Waals surface area contributed by atoms with E-state index in [1.165, 1.54) is 5.56 Å². The molecule has 2 unspecified atom stereocenters. The van der Waals surface area contributed by atoms with Crippen LogP contribution >= 0.6 is 35.0 Å². The molecule has 0 aliphatic rings. The maximum Gasteiger partial charge on any atom is 0.0603 e. The third kappa shape index (κ3) is 4.40. The van der Waals surface area contributed by atoms with Crippen LogP contribution in [0, 0.1) is 0 Å². The Kier molecular flexibility index (Phi) is 6.43. The summed E-state index contributed by atoms with van der Waals surface area (Å²) in [6.07, 6.45) is 1.06. The van der Waals surface area contributed by atoms with Crippen LogP contribution in [0.5, 0.6) is 0 Å². The summed E-state index contributed by atoms with van der Waals surface area (Å²) in [6.45, 7) is 2.21. The second kappa shape index (κ2) is 8.09. The normalized spacial score (nSPS) is 13.9. The molecule has 0 saturated heterocycles. The van der Waals surface area contributed by atoms with Gasteiger partial charge in [0.25, 0.3) is 0 Å². The van der Waals surface area contributed by atoms with Gasteiger partial charge in [0.1, 0.15) is 0 Å². The summed E-state index contributed by atoms with van der Waals surface area (Å²) in [4.78, 5) is 1.15. The fourth-order valence-corrected chi connectivity index (χ4v) is 3.98. The van der Waals surface area contributed by atoms with Crippen molar-refractivity contribution in [3.63, 3.8) is 0 Å². The van der Waals surface area contributed by atoms with Gasteiger partial charge >= 0.3 is 0 Å². The third-order valence-corrected chi connectivity index (χ3v) is 5.60. The fourth-order valence-electron chi connectivity index (χ4n) is 2.34. The lowest BCUT2D eigenvalue weighted by atomic mass is 10.0. The molecular formula is C17H19Cl2NS. The zero-order valence-electron chi connectivity index (χ0n) is 12.1. The van der Waals surface area contributed by atoms with Gasteiger partial charge in [0.15, 0.2) is 0 Å². The maximum atomic E-state index is 6.11. The van der Waals surface area contributed by atoms with Crippen LogP contribution in [0.3, 0.4) is 0 Å². The largest absolute Gasteiger partial charge is 0.312 e. The van der Waals surface area contributed by atoms with E-state index in [1.54, 1.807) is 0 Å². The lowest BCUT2D eigenvalue weighted by Gasteiger charge is -2.26. The van der Waals surface area contributed by atoms with E-state index in [1.807, 2.05) is 43.1 Å². The summed E-state index contributed by atoms with van der Waals surface area (Å²) in [5, 5.41) is 5.07. The second-order valence-electron chi connectivity index (χ2n) is 4.82. The molecule has 0 amide bonds. The van der Waals surface area contributed by atoms with E-state index >= 15 is 0 Å². The highest BCUT2D eigenvalue weighted by molar-refractivity contribution is 8.00. The molecule has 0 aliphatic carbocycles. The van der Waals surface area contributed by atoms with Gasteiger partial charge in [0, 0.05) is 16.2 Å². The number of rotatable bonds is 6. The van der Waals surface area contributed by atoms with Crippen LogP contribution in [0.25, 0.3) is 0 Å². The zero-order valence-corrected chi connectivity index (χ0v) is 14.5. The Morgan fingerprint density at radius 2 is 1.76 bits per heavy atom. The molecule has 2 rings (SSSR count). The first-order valence-corrected chi connectivity index (χ1v) is 8.63. The van der Waals surface area contributed by atoms with E-state index in [0.29, 0.717) is 21.3 Å². The Hall–Kier alpha value is -0.670. The van der Waals surface area contributed by atoms with Crippen LogP contribution in [0.1, 0.15) is 24.9 Å². The average molecular weight is 340 g/mol. The number of nitrogens with one attached hydrogen (secondary N) is 1. The quantitative estimate of drug-likeness (QED) is 0.665. The molecule has 2 atom stereocenters. The van der Waals surface area contributed by atoms with Crippen LogP contribution in [-0.2, 0) is 0 Å². The van der Waals surface area contributed by atoms with Gasteiger partial charge in [-0.1, -0.05) is 60.5 Å². The average Bonchev–Trinajstić information content (AvgIpc) is 2.51. The smallest absolute Gasteiger partial charge is 0.0603 e. The Bertz CT molecular complexity index is 574. The topological polar surface area (TPSA) is 12.0 Å². The molecule has 0 saturated carbocycles. The minimum atomic E-state index is 0.302. The summed E-state index contributed by atoms with van der Waals surface area (Å²) >= 11 is 13.9. The lowest BCUT2D eigenvalue weighted by Crippen LogP contribution is -2.26. The molecule has 1 nitrogen and oxygen atoms in total. The van der Waals surface area contributed by atoms with Crippen molar-refractivity contribution >= 4 is 35.0 Å². The predicted octanol–water partition coefficient (Wildman–Crippen LogP) is 5.82. The summed E-state index contributed by atoms with van der Waals surface area (Å²) in [7, 11) is 2.01. The Morgan fingerprint density at radius 1 is 1.05 bits per heavy atom. The van der Waals surface area contributed by atoms with Crippen molar-refractivity contribution in [3.05, 3.63) is 64.1 Å². The highest BCUT2D eigenvalue weighted by atomic mass is 35.5. The van der Waals surface area contributed by atoms with Crippen LogP contribution in [-0.4, -0.2) is 12.3 Å². The fraction of sp³-hybridized carbons (Fsp3) is 0.294. The number of halogens is 2. The van der Waals surface area contributed by atoms with Crippen LogP contribution in [0.4, 0.5) is 0 Å². The number of benzene rings is 2. The Labute approximate surface area is 141 Å². The summed E-state index contributed by atoms with van der Waals surface area (Å²) < 4.78 is 0. The molecule has 2 aromatic rings. The molecule has 0 radical (unpaired) electrons. The van der Waals surface area contributed by atoms with Gasteiger partial charge in [0.05, 0.1) is 10.0 Å². The van der Waals surface area contributed by atoms with E-state index < -0.39 is 0 Å². The molecule has 0 spiro atoms. The summed E-state index contributed by atoms with van der Waals surface area (Å²) in [5.74, 6) is 0. The van der Waals surface area contributed by atoms with Crippen molar-refractivity contribution in [1.82, 2.24) is 5.32 Å². The standard InChI is InChI=1S/C17H19Cl2NS/c1-3-16(17(20-2)12-7-5-4-6-8-12)21-13-9-10-14(18)15(19)11-13/h4-11,16-17,20H,3H2,1-2H3. The minimum Gasteiger partial charge on any atom is -0.312 e. The molecule has 0 bridgehead atoms. The molecular weight excluding hydrogens is 321 g/mol. The molecule has 0 heterocycles. The maximum absolute atomic E-state index is 6.11. The van der Waals surface area contributed by atoms with Crippen molar-refractivity contribution in [3.8, 4) is 0 Å². The van der Waals surface area contributed by atoms with E-state index in [2.05, 4.69) is 36.5 Å². The third-order valence-electron chi connectivity index (χ3n) is 3.42. The minimum absolute atomic E-state index is 0.302. The zero-order chi connectivity index (χ0) is 15.2. The molecule has 21 heavy (non-hydrogen) atoms. The molecule has 0 aliphatic heterocycles. The van der Waals surface area contributed by atoms with E-state index in [4.69, 9.17) is 23.2 Å². The van der Waals surface area contributed by atoms with Crippen molar-refractivity contribution in [1.29, 1.82) is 0 Å². The van der Waals surface area contributed by atoms with Crippen LogP contribution in [0.15, 0.2) is 53.4 Å². The van der Waals surface area contributed by atoms with Gasteiger partial charge < -0.3 is 5.32 Å².